The summed E-state index contributed by atoms with van der Waals surface area (Å²) in [6.45, 7) is 0. The van der Waals surface area contributed by atoms with Gasteiger partial charge in [0.05, 0.1) is 61.3 Å². The van der Waals surface area contributed by atoms with E-state index in [1.165, 1.54) is 77.0 Å². The fourth-order valence-electron chi connectivity index (χ4n) is 12.3. The smallest absolute Gasteiger partial charge is 0.0689 e. The van der Waals surface area contributed by atoms with Crippen molar-refractivity contribution in [2.75, 3.05) is 0 Å². The third-order valence-corrected chi connectivity index (χ3v) is 14.4. The van der Waals surface area contributed by atoms with Crippen molar-refractivity contribution in [1.82, 2.24) is 42.5 Å². The molecule has 253 valence electrons. The number of nitrogens with one attached hydrogen (secondary N) is 8. The minimum atomic E-state index is -0.292. The second kappa shape index (κ2) is 12.8. The summed E-state index contributed by atoms with van der Waals surface area (Å²) in [5.74, 6) is 3.91. The molecular formula is C33H57CoN11. The number of hydrogen-bond donors (Lipinski definition) is 10. The predicted octanol–water partition coefficient (Wildman–Crippen LogP) is 0.227. The number of fused-ring (bicyclic) bond motifs is 20. The van der Waals surface area contributed by atoms with Gasteiger partial charge in [0, 0.05) is 34.8 Å². The number of nitrogens with two attached hydrogens (primary N) is 2. The van der Waals surface area contributed by atoms with E-state index in [0.717, 1.165) is 6.42 Å². The zero-order valence-electron chi connectivity index (χ0n) is 26.6. The molecule has 9 fully saturated rings. The molecule has 12 N–H and O–H groups in total. The van der Waals surface area contributed by atoms with E-state index in [2.05, 4.69) is 48.6 Å². The van der Waals surface area contributed by atoms with Crippen LogP contribution in [0.3, 0.4) is 0 Å². The zero-order chi connectivity index (χ0) is 29.5. The molecule has 12 heteroatoms. The number of nitriles is 1. The fraction of sp³-hybridized carbons (Fsp3) is 0.970. The minimum absolute atomic E-state index is 0. The van der Waals surface area contributed by atoms with Gasteiger partial charge in [0.2, 0.25) is 0 Å². The van der Waals surface area contributed by atoms with Gasteiger partial charge >= 0.3 is 0 Å². The molecule has 5 aliphatic heterocycles. The Balaban J connectivity index is 0.00000300. The molecule has 5 saturated heterocycles. The van der Waals surface area contributed by atoms with Gasteiger partial charge in [-0.3, -0.25) is 42.5 Å². The van der Waals surface area contributed by atoms with Gasteiger partial charge in [-0.05, 0) is 86.4 Å². The first-order valence-electron chi connectivity index (χ1n) is 18.6. The average molecular weight is 667 g/mol. The number of hydrogen-bond acceptors (Lipinski definition) is 11. The van der Waals surface area contributed by atoms with E-state index in [0.29, 0.717) is 60.2 Å². The SMILES string of the molecule is N#CC1C(N)C(N)CC2C3NC4NC(NC5NC(NC6NC(NC(N3)C12)C1CCCCC61)C1CCCCC51)C1CCCCC41.[Co]. The summed E-state index contributed by atoms with van der Waals surface area (Å²) < 4.78 is 0. The maximum absolute atomic E-state index is 10.4. The molecule has 4 aliphatic carbocycles. The van der Waals surface area contributed by atoms with Crippen LogP contribution >= 0.6 is 0 Å². The topological polar surface area (TPSA) is 172 Å². The van der Waals surface area contributed by atoms with Crippen LogP contribution in [0, 0.1) is 64.6 Å². The molecular weight excluding hydrogens is 609 g/mol. The average Bonchev–Trinajstić information content (AvgIpc) is 3.77. The van der Waals surface area contributed by atoms with Crippen molar-refractivity contribution in [2.24, 2.45) is 64.7 Å². The molecule has 45 heavy (non-hydrogen) atoms. The van der Waals surface area contributed by atoms with E-state index < -0.39 is 0 Å². The Hall–Kier alpha value is -0.404. The minimum Gasteiger partial charge on any atom is -0.326 e. The molecule has 0 aromatic carbocycles. The first-order valence-corrected chi connectivity index (χ1v) is 18.6. The Bertz CT molecular complexity index is 1110. The molecule has 5 heterocycles. The van der Waals surface area contributed by atoms with Gasteiger partial charge in [-0.25, -0.2) is 0 Å². The van der Waals surface area contributed by atoms with Crippen LogP contribution in [0.4, 0.5) is 0 Å². The van der Waals surface area contributed by atoms with Gasteiger partial charge in [0.25, 0.3) is 0 Å². The van der Waals surface area contributed by atoms with Gasteiger partial charge in [0.1, 0.15) is 0 Å². The molecule has 0 aromatic rings. The van der Waals surface area contributed by atoms with E-state index in [9.17, 15) is 5.26 Å². The first kappa shape index (κ1) is 31.8. The second-order valence-corrected chi connectivity index (χ2v) is 16.4. The quantitative estimate of drug-likeness (QED) is 0.172. The number of nitrogens with zero attached hydrogens (tertiary/aromatic N) is 1. The van der Waals surface area contributed by atoms with E-state index in [1.54, 1.807) is 0 Å². The summed E-state index contributed by atoms with van der Waals surface area (Å²) in [5.41, 5.74) is 13.3. The summed E-state index contributed by atoms with van der Waals surface area (Å²) in [6, 6.07) is 2.20. The molecule has 9 aliphatic rings. The largest absolute Gasteiger partial charge is 0.326 e. The van der Waals surface area contributed by atoms with E-state index in [4.69, 9.17) is 11.5 Å². The molecule has 9 rings (SSSR count). The fourth-order valence-corrected chi connectivity index (χ4v) is 12.3. The van der Waals surface area contributed by atoms with Gasteiger partial charge < -0.3 is 11.5 Å². The Morgan fingerprint density at radius 1 is 0.444 bits per heavy atom. The van der Waals surface area contributed by atoms with Gasteiger partial charge in [-0.2, -0.15) is 5.26 Å². The van der Waals surface area contributed by atoms with Gasteiger partial charge in [-0.15, -0.1) is 0 Å². The summed E-state index contributed by atoms with van der Waals surface area (Å²) in [6.07, 6.45) is 18.4. The summed E-state index contributed by atoms with van der Waals surface area (Å²) in [7, 11) is 0. The van der Waals surface area contributed by atoms with Crippen LogP contribution in [0.15, 0.2) is 0 Å². The molecule has 0 aromatic heterocycles. The van der Waals surface area contributed by atoms with Crippen molar-refractivity contribution in [2.45, 2.75) is 145 Å². The van der Waals surface area contributed by atoms with Crippen LogP contribution in [0.2, 0.25) is 0 Å². The van der Waals surface area contributed by atoms with Crippen molar-refractivity contribution in [3.63, 3.8) is 0 Å². The molecule has 0 spiro atoms. The zero-order valence-corrected chi connectivity index (χ0v) is 27.6. The summed E-state index contributed by atoms with van der Waals surface area (Å²) in [5, 5.41) is 43.5. The Labute approximate surface area is 279 Å². The van der Waals surface area contributed by atoms with Crippen LogP contribution in [0.1, 0.15) is 83.5 Å². The second-order valence-electron chi connectivity index (χ2n) is 16.4. The third-order valence-electron chi connectivity index (χ3n) is 14.4. The molecule has 8 bridgehead atoms. The van der Waals surface area contributed by atoms with E-state index in [-0.39, 0.29) is 71.3 Å². The number of rotatable bonds is 0. The molecule has 0 amide bonds. The monoisotopic (exact) mass is 666 g/mol. The normalized spacial score (nSPS) is 57.0. The third kappa shape index (κ3) is 5.36. The molecule has 1 radical (unpaired) electrons. The van der Waals surface area contributed by atoms with Crippen molar-refractivity contribution in [1.29, 1.82) is 5.26 Å². The maximum atomic E-state index is 10.4. The Kier molecular flexibility index (Phi) is 9.06. The van der Waals surface area contributed by atoms with Gasteiger partial charge in [-0.1, -0.05) is 38.5 Å². The molecule has 19 atom stereocenters. The standard InChI is InChI=1S/C33H57N11.Co/c34-14-22-24-21(13-23(35)25(22)36)32-42-30-18-10-4-3-9-17(18)28(40-30)38-26-15-7-1-2-8-16(15)27(37-26)39-29-19-11-5-6-12-20(19)31(41-29)43-33(24)44-32;/h15-33,37-44H,1-13,35-36H2;. The van der Waals surface area contributed by atoms with Crippen molar-refractivity contribution >= 4 is 0 Å². The van der Waals surface area contributed by atoms with Crippen molar-refractivity contribution in [3.8, 4) is 6.07 Å². The van der Waals surface area contributed by atoms with Crippen molar-refractivity contribution < 1.29 is 16.8 Å². The molecule has 4 saturated carbocycles. The van der Waals surface area contributed by atoms with Crippen LogP contribution in [0.5, 0.6) is 0 Å². The molecule has 19 unspecified atom stereocenters. The summed E-state index contributed by atoms with van der Waals surface area (Å²) >= 11 is 0. The summed E-state index contributed by atoms with van der Waals surface area (Å²) in [4.78, 5) is 0. The van der Waals surface area contributed by atoms with E-state index >= 15 is 0 Å². The predicted molar refractivity (Wildman–Crippen MR) is 168 cm³/mol. The maximum Gasteiger partial charge on any atom is 0.0689 e. The van der Waals surface area contributed by atoms with Crippen LogP contribution in [-0.4, -0.2) is 61.4 Å². The first-order chi connectivity index (χ1) is 21.6. The molecule has 11 nitrogen and oxygen atoms in total. The van der Waals surface area contributed by atoms with Crippen molar-refractivity contribution in [3.05, 3.63) is 0 Å². The van der Waals surface area contributed by atoms with Crippen LogP contribution in [-0.2, 0) is 16.8 Å². The van der Waals surface area contributed by atoms with E-state index in [1.807, 2.05) is 0 Å². The Morgan fingerprint density at radius 3 is 1.04 bits per heavy atom. The van der Waals surface area contributed by atoms with Crippen LogP contribution < -0.4 is 54.0 Å². The van der Waals surface area contributed by atoms with Gasteiger partial charge in [0.15, 0.2) is 0 Å². The van der Waals surface area contributed by atoms with Crippen LogP contribution in [0.25, 0.3) is 0 Å². The Morgan fingerprint density at radius 2 is 0.733 bits per heavy atom.